The number of benzene rings is 1. The van der Waals surface area contributed by atoms with Gasteiger partial charge >= 0.3 is 6.03 Å². The van der Waals surface area contributed by atoms with Crippen molar-refractivity contribution in [2.24, 2.45) is 0 Å². The zero-order valence-electron chi connectivity index (χ0n) is 14.3. The van der Waals surface area contributed by atoms with Crippen molar-refractivity contribution in [3.63, 3.8) is 0 Å². The molecule has 1 saturated heterocycles. The molecule has 0 unspecified atom stereocenters. The third-order valence-electron chi connectivity index (χ3n) is 3.99. The minimum atomic E-state index is -0.0686. The molecule has 6 nitrogen and oxygen atoms in total. The molecule has 0 saturated carbocycles. The molecule has 0 bridgehead atoms. The third-order valence-corrected chi connectivity index (χ3v) is 3.99. The maximum atomic E-state index is 12.2. The zero-order valence-corrected chi connectivity index (χ0v) is 14.3. The van der Waals surface area contributed by atoms with Crippen LogP contribution in [0, 0.1) is 18.8 Å². The largest absolute Gasteiger partial charge is 0.353 e. The van der Waals surface area contributed by atoms with E-state index in [0.29, 0.717) is 19.6 Å². The molecule has 25 heavy (non-hydrogen) atoms. The molecular formula is C19H21N5O. The summed E-state index contributed by atoms with van der Waals surface area (Å²) in [5.41, 5.74) is 0.950. The molecule has 1 aliphatic rings. The third kappa shape index (κ3) is 4.70. The van der Waals surface area contributed by atoms with Crippen molar-refractivity contribution in [2.75, 3.05) is 37.6 Å². The van der Waals surface area contributed by atoms with Crippen molar-refractivity contribution in [3.8, 4) is 11.8 Å². The Labute approximate surface area is 147 Å². The van der Waals surface area contributed by atoms with E-state index in [2.05, 4.69) is 32.0 Å². The number of aryl methyl sites for hydroxylation is 1. The Kier molecular flexibility index (Phi) is 5.47. The first-order valence-electron chi connectivity index (χ1n) is 8.34. The number of hydrogen-bond acceptors (Lipinski definition) is 4. The molecule has 0 spiro atoms. The molecule has 1 aromatic carbocycles. The first kappa shape index (κ1) is 16.8. The predicted molar refractivity (Wildman–Crippen MR) is 97.3 cm³/mol. The van der Waals surface area contributed by atoms with Crippen LogP contribution in [-0.4, -0.2) is 53.6 Å². The van der Waals surface area contributed by atoms with Gasteiger partial charge in [0.05, 0.1) is 6.54 Å². The smallest absolute Gasteiger partial charge is 0.318 e. The predicted octanol–water partition coefficient (Wildman–Crippen LogP) is 1.67. The van der Waals surface area contributed by atoms with Crippen LogP contribution in [0.3, 0.4) is 0 Å². The summed E-state index contributed by atoms with van der Waals surface area (Å²) >= 11 is 0. The molecule has 0 atom stereocenters. The maximum Gasteiger partial charge on any atom is 0.318 e. The Morgan fingerprint density at radius 3 is 2.64 bits per heavy atom. The molecule has 3 rings (SSSR count). The van der Waals surface area contributed by atoms with Crippen molar-refractivity contribution >= 4 is 11.8 Å². The lowest BCUT2D eigenvalue weighted by Crippen LogP contribution is -2.52. The first-order valence-corrected chi connectivity index (χ1v) is 8.34. The molecule has 1 fully saturated rings. The topological polar surface area (TPSA) is 61.4 Å². The van der Waals surface area contributed by atoms with Crippen LogP contribution in [0.15, 0.2) is 42.6 Å². The van der Waals surface area contributed by atoms with Crippen LogP contribution in [0.4, 0.5) is 10.6 Å². The summed E-state index contributed by atoms with van der Waals surface area (Å²) in [5.74, 6) is 7.68. The summed E-state index contributed by atoms with van der Waals surface area (Å²) in [5, 5.41) is 2.86. The van der Waals surface area contributed by atoms with Gasteiger partial charge in [-0.1, -0.05) is 30.0 Å². The van der Waals surface area contributed by atoms with Crippen molar-refractivity contribution < 1.29 is 4.79 Å². The minimum Gasteiger partial charge on any atom is -0.353 e. The molecule has 2 aromatic rings. The van der Waals surface area contributed by atoms with Gasteiger partial charge in [-0.05, 0) is 25.1 Å². The molecule has 128 valence electrons. The van der Waals surface area contributed by atoms with Gasteiger partial charge in [-0.3, -0.25) is 0 Å². The fourth-order valence-electron chi connectivity index (χ4n) is 2.66. The Balaban J connectivity index is 1.45. The van der Waals surface area contributed by atoms with E-state index in [1.165, 1.54) is 0 Å². The van der Waals surface area contributed by atoms with Crippen LogP contribution < -0.4 is 10.2 Å². The number of amides is 2. The number of rotatable bonds is 2. The maximum absolute atomic E-state index is 12.2. The van der Waals surface area contributed by atoms with E-state index < -0.39 is 0 Å². The number of hydrogen-bond donors (Lipinski definition) is 1. The highest BCUT2D eigenvalue weighted by molar-refractivity contribution is 5.74. The molecular weight excluding hydrogens is 314 g/mol. The Morgan fingerprint density at radius 2 is 1.92 bits per heavy atom. The standard InChI is InChI=1S/C19H21N5O/c1-16-20-11-9-18(22-16)23-12-14-24(15-13-23)19(25)21-10-5-8-17-6-3-2-4-7-17/h2-4,6-7,9,11H,10,12-15H2,1H3,(H,21,25). The molecule has 0 radical (unpaired) electrons. The summed E-state index contributed by atoms with van der Waals surface area (Å²) in [6.45, 7) is 5.09. The molecule has 2 amide bonds. The SMILES string of the molecule is Cc1nccc(N2CCN(C(=O)NCC#Cc3ccccc3)CC2)n1. The van der Waals surface area contributed by atoms with Gasteiger partial charge in [-0.15, -0.1) is 0 Å². The lowest BCUT2D eigenvalue weighted by Gasteiger charge is -2.35. The number of nitrogens with zero attached hydrogens (tertiary/aromatic N) is 4. The normalized spacial score (nSPS) is 13.8. The Hall–Kier alpha value is -3.07. The average Bonchev–Trinajstić information content (AvgIpc) is 2.66. The second kappa shape index (κ2) is 8.15. The van der Waals surface area contributed by atoms with Crippen LogP contribution in [-0.2, 0) is 0 Å². The fourth-order valence-corrected chi connectivity index (χ4v) is 2.66. The van der Waals surface area contributed by atoms with Crippen molar-refractivity contribution in [1.29, 1.82) is 0 Å². The van der Waals surface area contributed by atoms with Gasteiger partial charge in [0.15, 0.2) is 0 Å². The lowest BCUT2D eigenvalue weighted by atomic mass is 10.2. The Bertz CT molecular complexity index is 773. The zero-order chi connectivity index (χ0) is 17.5. The highest BCUT2D eigenvalue weighted by Gasteiger charge is 2.21. The van der Waals surface area contributed by atoms with Crippen LogP contribution in [0.25, 0.3) is 0 Å². The number of carbonyl (C=O) groups excluding carboxylic acids is 1. The van der Waals surface area contributed by atoms with Crippen LogP contribution in [0.2, 0.25) is 0 Å². The molecule has 0 aliphatic carbocycles. The van der Waals surface area contributed by atoms with E-state index in [9.17, 15) is 4.79 Å². The molecule has 1 aromatic heterocycles. The molecule has 1 aliphatic heterocycles. The first-order chi connectivity index (χ1) is 12.2. The second-order valence-corrected chi connectivity index (χ2v) is 5.76. The number of nitrogens with one attached hydrogen (secondary N) is 1. The highest BCUT2D eigenvalue weighted by atomic mass is 16.2. The van der Waals surface area contributed by atoms with E-state index in [1.807, 2.05) is 48.2 Å². The van der Waals surface area contributed by atoms with Gasteiger partial charge in [-0.2, -0.15) is 0 Å². The summed E-state index contributed by atoms with van der Waals surface area (Å²) in [6, 6.07) is 11.6. The second-order valence-electron chi connectivity index (χ2n) is 5.76. The van der Waals surface area contributed by atoms with Gasteiger partial charge in [0.25, 0.3) is 0 Å². The summed E-state index contributed by atoms with van der Waals surface area (Å²) in [4.78, 5) is 24.7. The monoisotopic (exact) mass is 335 g/mol. The summed E-state index contributed by atoms with van der Waals surface area (Å²) < 4.78 is 0. The van der Waals surface area contributed by atoms with Crippen molar-refractivity contribution in [2.45, 2.75) is 6.92 Å². The summed E-state index contributed by atoms with van der Waals surface area (Å²) in [6.07, 6.45) is 1.77. The lowest BCUT2D eigenvalue weighted by molar-refractivity contribution is 0.195. The molecule has 1 N–H and O–H groups in total. The van der Waals surface area contributed by atoms with E-state index in [1.54, 1.807) is 6.20 Å². The Morgan fingerprint density at radius 1 is 1.16 bits per heavy atom. The average molecular weight is 335 g/mol. The van der Waals surface area contributed by atoms with Crippen LogP contribution in [0.1, 0.15) is 11.4 Å². The van der Waals surface area contributed by atoms with Gasteiger partial charge in [-0.25, -0.2) is 14.8 Å². The van der Waals surface area contributed by atoms with Crippen LogP contribution in [0.5, 0.6) is 0 Å². The molecule has 6 heteroatoms. The number of anilines is 1. The number of aromatic nitrogens is 2. The number of carbonyl (C=O) groups is 1. The van der Waals surface area contributed by atoms with Gasteiger partial charge in [0.2, 0.25) is 0 Å². The number of piperazine rings is 1. The van der Waals surface area contributed by atoms with Crippen molar-refractivity contribution in [1.82, 2.24) is 20.2 Å². The van der Waals surface area contributed by atoms with E-state index in [4.69, 9.17) is 0 Å². The van der Waals surface area contributed by atoms with E-state index in [0.717, 1.165) is 30.3 Å². The highest BCUT2D eigenvalue weighted by Crippen LogP contribution is 2.12. The molecule has 2 heterocycles. The van der Waals surface area contributed by atoms with Gasteiger partial charge in [0.1, 0.15) is 11.6 Å². The quantitative estimate of drug-likeness (QED) is 0.848. The van der Waals surface area contributed by atoms with Crippen LogP contribution >= 0.6 is 0 Å². The van der Waals surface area contributed by atoms with E-state index >= 15 is 0 Å². The van der Waals surface area contributed by atoms with Gasteiger partial charge < -0.3 is 15.1 Å². The van der Waals surface area contributed by atoms with Gasteiger partial charge in [0, 0.05) is 37.9 Å². The number of urea groups is 1. The minimum absolute atomic E-state index is 0.0686. The fraction of sp³-hybridized carbons (Fsp3) is 0.316. The van der Waals surface area contributed by atoms with Crippen molar-refractivity contribution in [3.05, 3.63) is 54.0 Å². The summed E-state index contributed by atoms with van der Waals surface area (Å²) in [7, 11) is 0. The van der Waals surface area contributed by atoms with E-state index in [-0.39, 0.29) is 6.03 Å².